The molecule has 0 aliphatic heterocycles. The van der Waals surface area contributed by atoms with E-state index in [0.717, 1.165) is 12.0 Å². The predicted molar refractivity (Wildman–Crippen MR) is 139 cm³/mol. The number of carbonyl (C=O) groups excluding carboxylic acids is 1. The van der Waals surface area contributed by atoms with Crippen molar-refractivity contribution in [2.24, 2.45) is 0 Å². The third-order valence-electron chi connectivity index (χ3n) is 5.13. The highest BCUT2D eigenvalue weighted by Gasteiger charge is 2.15. The van der Waals surface area contributed by atoms with Gasteiger partial charge in [-0.15, -0.1) is 0 Å². The van der Waals surface area contributed by atoms with Gasteiger partial charge in [-0.2, -0.15) is 5.26 Å². The van der Waals surface area contributed by atoms with E-state index >= 15 is 0 Å². The van der Waals surface area contributed by atoms with Crippen molar-refractivity contribution in [2.75, 3.05) is 11.9 Å². The number of carbonyl (C=O) groups is 1. The zero-order chi connectivity index (χ0) is 24.5. The van der Waals surface area contributed by atoms with E-state index in [2.05, 4.69) is 28.2 Å². The van der Waals surface area contributed by atoms with E-state index in [1.165, 1.54) is 17.2 Å². The smallest absolute Gasteiger partial charge is 0.266 e. The van der Waals surface area contributed by atoms with Crippen molar-refractivity contribution in [3.8, 4) is 17.6 Å². The molecule has 0 aromatic heterocycles. The summed E-state index contributed by atoms with van der Waals surface area (Å²) in [6, 6.07) is 21.2. The maximum absolute atomic E-state index is 12.7. The third-order valence-corrected chi connectivity index (χ3v) is 5.72. The van der Waals surface area contributed by atoms with Crippen molar-refractivity contribution in [3.05, 3.63) is 93.0 Å². The minimum Gasteiger partial charge on any atom is -0.490 e. The Morgan fingerprint density at radius 1 is 1.03 bits per heavy atom. The number of amides is 1. The Labute approximate surface area is 209 Å². The molecule has 0 heterocycles. The van der Waals surface area contributed by atoms with Crippen LogP contribution in [0.5, 0.6) is 11.5 Å². The van der Waals surface area contributed by atoms with Gasteiger partial charge in [-0.3, -0.25) is 4.79 Å². The molecule has 174 valence electrons. The average Bonchev–Trinajstić information content (AvgIpc) is 2.83. The highest BCUT2D eigenvalue weighted by molar-refractivity contribution is 9.10. The largest absolute Gasteiger partial charge is 0.490 e. The maximum atomic E-state index is 12.7. The molecule has 34 heavy (non-hydrogen) atoms. The van der Waals surface area contributed by atoms with Crippen molar-refractivity contribution < 1.29 is 14.3 Å². The first-order valence-electron chi connectivity index (χ1n) is 11.1. The molecule has 3 aromatic rings. The Hall–Kier alpha value is -3.56. The lowest BCUT2D eigenvalue weighted by molar-refractivity contribution is -0.112. The fourth-order valence-electron chi connectivity index (χ4n) is 3.25. The number of hydrogen-bond donors (Lipinski definition) is 1. The Balaban J connectivity index is 1.81. The zero-order valence-corrected chi connectivity index (χ0v) is 21.1. The molecule has 3 aromatic carbocycles. The standard InChI is InChI=1S/C28H27BrN2O3/c1-4-20-10-12-24(13-11-20)31-28(32)23(17-30)14-22-15-25(29)27(26(16-22)33-5-2)34-18-21-8-6-19(3)7-9-21/h6-16H,4-5,18H2,1-3H3,(H,31,32)/b23-14-. The Morgan fingerprint density at radius 2 is 1.71 bits per heavy atom. The Kier molecular flexibility index (Phi) is 8.89. The molecule has 0 unspecified atom stereocenters. The Morgan fingerprint density at radius 3 is 2.32 bits per heavy atom. The fourth-order valence-corrected chi connectivity index (χ4v) is 3.83. The van der Waals surface area contributed by atoms with E-state index in [1.54, 1.807) is 12.1 Å². The first kappa shape index (κ1) is 25.1. The van der Waals surface area contributed by atoms with E-state index in [-0.39, 0.29) is 5.57 Å². The maximum Gasteiger partial charge on any atom is 0.266 e. The van der Waals surface area contributed by atoms with Gasteiger partial charge in [0.15, 0.2) is 11.5 Å². The summed E-state index contributed by atoms with van der Waals surface area (Å²) < 4.78 is 12.5. The number of nitrogens with one attached hydrogen (secondary N) is 1. The molecule has 0 atom stereocenters. The predicted octanol–water partition coefficient (Wildman–Crippen LogP) is 6.84. The number of benzene rings is 3. The van der Waals surface area contributed by atoms with Crippen LogP contribution in [0.4, 0.5) is 5.69 Å². The summed E-state index contributed by atoms with van der Waals surface area (Å²) in [4.78, 5) is 12.7. The lowest BCUT2D eigenvalue weighted by Gasteiger charge is -2.15. The first-order valence-corrected chi connectivity index (χ1v) is 11.9. The Bertz CT molecular complexity index is 1210. The monoisotopic (exact) mass is 518 g/mol. The van der Waals surface area contributed by atoms with E-state index in [0.29, 0.717) is 40.4 Å². The zero-order valence-electron chi connectivity index (χ0n) is 19.5. The molecule has 0 radical (unpaired) electrons. The molecule has 0 spiro atoms. The van der Waals surface area contributed by atoms with E-state index in [9.17, 15) is 10.1 Å². The van der Waals surface area contributed by atoms with Crippen LogP contribution in [-0.4, -0.2) is 12.5 Å². The van der Waals surface area contributed by atoms with Crippen molar-refractivity contribution >= 4 is 33.6 Å². The van der Waals surface area contributed by atoms with Crippen molar-refractivity contribution in [1.29, 1.82) is 5.26 Å². The number of nitrogens with zero attached hydrogens (tertiary/aromatic N) is 1. The van der Waals surface area contributed by atoms with Gasteiger partial charge < -0.3 is 14.8 Å². The number of anilines is 1. The van der Waals surface area contributed by atoms with E-state index in [4.69, 9.17) is 9.47 Å². The summed E-state index contributed by atoms with van der Waals surface area (Å²) in [5.41, 5.74) is 4.67. The summed E-state index contributed by atoms with van der Waals surface area (Å²) in [5, 5.41) is 12.4. The van der Waals surface area contributed by atoms with Crippen molar-refractivity contribution in [1.82, 2.24) is 0 Å². The number of aryl methyl sites for hydroxylation is 2. The molecule has 0 aliphatic rings. The average molecular weight is 519 g/mol. The van der Waals surface area contributed by atoms with Gasteiger partial charge in [0.25, 0.3) is 5.91 Å². The van der Waals surface area contributed by atoms with Crippen LogP contribution in [0.15, 0.2) is 70.7 Å². The van der Waals surface area contributed by atoms with Crippen molar-refractivity contribution in [2.45, 2.75) is 33.8 Å². The number of halogens is 1. The second-order valence-corrected chi connectivity index (χ2v) is 8.57. The van der Waals surface area contributed by atoms with Gasteiger partial charge in [0.1, 0.15) is 18.2 Å². The van der Waals surface area contributed by atoms with E-state index < -0.39 is 5.91 Å². The summed E-state index contributed by atoms with van der Waals surface area (Å²) in [7, 11) is 0. The van der Waals surface area contributed by atoms with Gasteiger partial charge in [-0.25, -0.2) is 0 Å². The van der Waals surface area contributed by atoms with Crippen LogP contribution in [-0.2, 0) is 17.8 Å². The molecular weight excluding hydrogens is 492 g/mol. The van der Waals surface area contributed by atoms with Crippen LogP contribution in [0, 0.1) is 18.3 Å². The SMILES string of the molecule is CCOc1cc(/C=C(/C#N)C(=O)Nc2ccc(CC)cc2)cc(Br)c1OCc1ccc(C)cc1. The van der Waals surface area contributed by atoms with Gasteiger partial charge in [-0.1, -0.05) is 48.9 Å². The molecule has 0 saturated heterocycles. The normalized spacial score (nSPS) is 11.0. The molecular formula is C28H27BrN2O3. The van der Waals surface area contributed by atoms with E-state index in [1.807, 2.05) is 68.4 Å². The van der Waals surface area contributed by atoms with Crippen LogP contribution in [0.2, 0.25) is 0 Å². The van der Waals surface area contributed by atoms with Gasteiger partial charge in [0, 0.05) is 5.69 Å². The highest BCUT2D eigenvalue weighted by atomic mass is 79.9. The van der Waals surface area contributed by atoms with Crippen LogP contribution >= 0.6 is 15.9 Å². The van der Waals surface area contributed by atoms with Gasteiger partial charge in [-0.05, 0) is 83.2 Å². The van der Waals surface area contributed by atoms with Crippen LogP contribution in [0.3, 0.4) is 0 Å². The van der Waals surface area contributed by atoms with Gasteiger partial charge >= 0.3 is 0 Å². The number of rotatable bonds is 9. The minimum absolute atomic E-state index is 0.0118. The number of nitriles is 1. The molecule has 1 N–H and O–H groups in total. The van der Waals surface area contributed by atoms with Crippen LogP contribution in [0.25, 0.3) is 6.08 Å². The number of hydrogen-bond acceptors (Lipinski definition) is 4. The molecule has 0 fully saturated rings. The number of ether oxygens (including phenoxy) is 2. The van der Waals surface area contributed by atoms with Crippen LogP contribution in [0.1, 0.15) is 36.1 Å². The van der Waals surface area contributed by atoms with Gasteiger partial charge in [0.05, 0.1) is 11.1 Å². The summed E-state index contributed by atoms with van der Waals surface area (Å²) >= 11 is 3.55. The fraction of sp³-hybridized carbons (Fsp3) is 0.214. The molecule has 6 heteroatoms. The highest BCUT2D eigenvalue weighted by Crippen LogP contribution is 2.38. The summed E-state index contributed by atoms with van der Waals surface area (Å²) in [6.45, 7) is 6.82. The molecule has 1 amide bonds. The molecule has 0 saturated carbocycles. The molecule has 5 nitrogen and oxygen atoms in total. The second kappa shape index (κ2) is 12.1. The lowest BCUT2D eigenvalue weighted by atomic mass is 10.1. The molecule has 3 rings (SSSR count). The summed E-state index contributed by atoms with van der Waals surface area (Å²) in [5.74, 6) is 0.627. The van der Waals surface area contributed by atoms with Crippen molar-refractivity contribution in [3.63, 3.8) is 0 Å². The first-order chi connectivity index (χ1) is 16.4. The third kappa shape index (κ3) is 6.72. The molecule has 0 aliphatic carbocycles. The summed E-state index contributed by atoms with van der Waals surface area (Å²) in [6.07, 6.45) is 2.45. The topological polar surface area (TPSA) is 71.3 Å². The lowest BCUT2D eigenvalue weighted by Crippen LogP contribution is -2.13. The molecule has 0 bridgehead atoms. The van der Waals surface area contributed by atoms with Gasteiger partial charge in [0.2, 0.25) is 0 Å². The quantitative estimate of drug-likeness (QED) is 0.248. The minimum atomic E-state index is -0.472. The second-order valence-electron chi connectivity index (χ2n) is 7.71. The van der Waals surface area contributed by atoms with Crippen LogP contribution < -0.4 is 14.8 Å².